The highest BCUT2D eigenvalue weighted by Crippen LogP contribution is 2.38. The molecule has 0 radical (unpaired) electrons. The topological polar surface area (TPSA) is 61.7 Å². The van der Waals surface area contributed by atoms with Crippen molar-refractivity contribution in [2.75, 3.05) is 5.73 Å². The fourth-order valence-electron chi connectivity index (χ4n) is 2.01. The summed E-state index contributed by atoms with van der Waals surface area (Å²) >= 11 is 0. The number of imidazole rings is 2. The molecule has 88 valence electrons. The Bertz CT molecular complexity index is 547. The van der Waals surface area contributed by atoms with Crippen LogP contribution in [0.1, 0.15) is 18.9 Å². The molecule has 17 heavy (non-hydrogen) atoms. The van der Waals surface area contributed by atoms with E-state index < -0.39 is 0 Å². The monoisotopic (exact) mass is 229 g/mol. The third kappa shape index (κ3) is 1.63. The van der Waals surface area contributed by atoms with Gasteiger partial charge in [-0.05, 0) is 12.8 Å². The van der Waals surface area contributed by atoms with Gasteiger partial charge in [0.15, 0.2) is 0 Å². The Morgan fingerprint density at radius 1 is 1.47 bits per heavy atom. The van der Waals surface area contributed by atoms with Crippen molar-refractivity contribution in [2.45, 2.75) is 25.4 Å². The summed E-state index contributed by atoms with van der Waals surface area (Å²) in [4.78, 5) is 8.57. The maximum absolute atomic E-state index is 6.08. The molecule has 5 nitrogen and oxygen atoms in total. The summed E-state index contributed by atoms with van der Waals surface area (Å²) in [5, 5.41) is 0. The van der Waals surface area contributed by atoms with E-state index in [0.717, 1.165) is 11.4 Å². The molecule has 0 amide bonds. The largest absolute Gasteiger partial charge is 0.383 e. The Labute approximate surface area is 99.6 Å². The Balaban J connectivity index is 2.02. The minimum atomic E-state index is 0.580. The molecule has 0 aromatic carbocycles. The van der Waals surface area contributed by atoms with Gasteiger partial charge in [0.25, 0.3) is 0 Å². The van der Waals surface area contributed by atoms with E-state index in [-0.39, 0.29) is 0 Å². The van der Waals surface area contributed by atoms with Gasteiger partial charge in [0.1, 0.15) is 11.5 Å². The number of rotatable bonds is 4. The number of nitrogens with two attached hydrogens (primary N) is 1. The average Bonchev–Trinajstić information content (AvgIpc) is 2.96. The highest BCUT2D eigenvalue weighted by atomic mass is 15.2. The standard InChI is InChI=1S/C12H15N5/c1-2-5-16-8-15-11(12(16)13)10-6-14-7-17(10)9-3-4-9/h2,6-9H,1,3-5,13H2. The van der Waals surface area contributed by atoms with Crippen LogP contribution in [0.25, 0.3) is 11.4 Å². The van der Waals surface area contributed by atoms with E-state index in [9.17, 15) is 0 Å². The molecule has 0 saturated heterocycles. The molecule has 1 aliphatic carbocycles. The number of aromatic nitrogens is 4. The van der Waals surface area contributed by atoms with Crippen molar-refractivity contribution in [2.24, 2.45) is 0 Å². The van der Waals surface area contributed by atoms with Crippen LogP contribution in [0.3, 0.4) is 0 Å². The summed E-state index contributed by atoms with van der Waals surface area (Å²) in [7, 11) is 0. The van der Waals surface area contributed by atoms with Gasteiger partial charge < -0.3 is 14.9 Å². The maximum Gasteiger partial charge on any atom is 0.133 e. The van der Waals surface area contributed by atoms with Crippen molar-refractivity contribution in [3.8, 4) is 11.4 Å². The Hall–Kier alpha value is -2.04. The lowest BCUT2D eigenvalue weighted by molar-refractivity contribution is 0.746. The van der Waals surface area contributed by atoms with E-state index in [1.807, 2.05) is 17.1 Å². The average molecular weight is 229 g/mol. The van der Waals surface area contributed by atoms with Gasteiger partial charge in [-0.3, -0.25) is 0 Å². The van der Waals surface area contributed by atoms with Crippen LogP contribution < -0.4 is 5.73 Å². The van der Waals surface area contributed by atoms with E-state index in [1.165, 1.54) is 12.8 Å². The predicted molar refractivity (Wildman–Crippen MR) is 66.3 cm³/mol. The minimum Gasteiger partial charge on any atom is -0.383 e. The molecule has 2 heterocycles. The molecule has 1 fully saturated rings. The zero-order valence-electron chi connectivity index (χ0n) is 9.58. The van der Waals surface area contributed by atoms with Crippen LogP contribution in [-0.2, 0) is 6.54 Å². The molecule has 2 aromatic rings. The number of anilines is 1. The molecule has 0 atom stereocenters. The molecule has 3 rings (SSSR count). The zero-order chi connectivity index (χ0) is 11.8. The fraction of sp³-hybridized carbons (Fsp3) is 0.333. The lowest BCUT2D eigenvalue weighted by Crippen LogP contribution is -2.02. The summed E-state index contributed by atoms with van der Waals surface area (Å²) in [6, 6.07) is 0.580. The molecule has 2 N–H and O–H groups in total. The lowest BCUT2D eigenvalue weighted by atomic mass is 10.3. The molecule has 0 spiro atoms. The molecule has 0 aliphatic heterocycles. The lowest BCUT2D eigenvalue weighted by Gasteiger charge is -2.05. The molecular formula is C12H15N5. The number of nitrogen functional groups attached to an aromatic ring is 1. The fourth-order valence-corrected chi connectivity index (χ4v) is 2.01. The number of nitrogens with zero attached hydrogens (tertiary/aromatic N) is 4. The van der Waals surface area contributed by atoms with E-state index in [0.29, 0.717) is 18.4 Å². The Morgan fingerprint density at radius 2 is 2.29 bits per heavy atom. The van der Waals surface area contributed by atoms with Crippen molar-refractivity contribution in [1.29, 1.82) is 0 Å². The van der Waals surface area contributed by atoms with Gasteiger partial charge in [-0.25, -0.2) is 9.97 Å². The SMILES string of the molecule is C=CCn1cnc(-c2cncn2C2CC2)c1N. The highest BCUT2D eigenvalue weighted by Gasteiger charge is 2.27. The van der Waals surface area contributed by atoms with Crippen molar-refractivity contribution in [1.82, 2.24) is 19.1 Å². The third-order valence-corrected chi connectivity index (χ3v) is 3.05. The Kier molecular flexibility index (Phi) is 2.24. The summed E-state index contributed by atoms with van der Waals surface area (Å²) in [6.07, 6.45) is 9.68. The van der Waals surface area contributed by atoms with Crippen LogP contribution in [0, 0.1) is 0 Å². The van der Waals surface area contributed by atoms with Gasteiger partial charge in [-0.2, -0.15) is 0 Å². The van der Waals surface area contributed by atoms with Crippen LogP contribution in [0.4, 0.5) is 5.82 Å². The minimum absolute atomic E-state index is 0.580. The first-order chi connectivity index (χ1) is 8.31. The zero-order valence-corrected chi connectivity index (χ0v) is 9.58. The second-order valence-corrected chi connectivity index (χ2v) is 4.34. The first kappa shape index (κ1) is 10.1. The first-order valence-electron chi connectivity index (χ1n) is 5.75. The van der Waals surface area contributed by atoms with Crippen LogP contribution in [0.5, 0.6) is 0 Å². The maximum atomic E-state index is 6.08. The van der Waals surface area contributed by atoms with Crippen molar-refractivity contribution in [3.05, 3.63) is 31.5 Å². The second-order valence-electron chi connectivity index (χ2n) is 4.34. The summed E-state index contributed by atoms with van der Waals surface area (Å²) < 4.78 is 4.05. The van der Waals surface area contributed by atoms with Crippen molar-refractivity contribution < 1.29 is 0 Å². The van der Waals surface area contributed by atoms with Gasteiger partial charge >= 0.3 is 0 Å². The molecule has 1 aliphatic rings. The molecule has 2 aromatic heterocycles. The van der Waals surface area contributed by atoms with Gasteiger partial charge in [0.05, 0.1) is 24.5 Å². The Morgan fingerprint density at radius 3 is 3.00 bits per heavy atom. The summed E-state index contributed by atoms with van der Waals surface area (Å²) in [6.45, 7) is 4.38. The molecule has 5 heteroatoms. The van der Waals surface area contributed by atoms with Crippen LogP contribution in [-0.4, -0.2) is 19.1 Å². The summed E-state index contributed by atoms with van der Waals surface area (Å²) in [5.74, 6) is 0.673. The smallest absolute Gasteiger partial charge is 0.133 e. The number of allylic oxidation sites excluding steroid dienone is 1. The number of hydrogen-bond acceptors (Lipinski definition) is 3. The van der Waals surface area contributed by atoms with E-state index >= 15 is 0 Å². The van der Waals surface area contributed by atoms with Crippen molar-refractivity contribution >= 4 is 5.82 Å². The third-order valence-electron chi connectivity index (χ3n) is 3.05. The molecular weight excluding hydrogens is 214 g/mol. The number of hydrogen-bond donors (Lipinski definition) is 1. The molecule has 1 saturated carbocycles. The van der Waals surface area contributed by atoms with Crippen LogP contribution >= 0.6 is 0 Å². The van der Waals surface area contributed by atoms with Crippen LogP contribution in [0.15, 0.2) is 31.5 Å². The van der Waals surface area contributed by atoms with Crippen LogP contribution in [0.2, 0.25) is 0 Å². The quantitative estimate of drug-likeness (QED) is 0.814. The van der Waals surface area contributed by atoms with E-state index in [2.05, 4.69) is 21.1 Å². The van der Waals surface area contributed by atoms with Gasteiger partial charge in [0, 0.05) is 12.6 Å². The summed E-state index contributed by atoms with van der Waals surface area (Å²) in [5.41, 5.74) is 7.90. The van der Waals surface area contributed by atoms with E-state index in [1.54, 1.807) is 12.4 Å². The van der Waals surface area contributed by atoms with E-state index in [4.69, 9.17) is 5.73 Å². The first-order valence-corrected chi connectivity index (χ1v) is 5.75. The van der Waals surface area contributed by atoms with Gasteiger partial charge in [-0.1, -0.05) is 6.08 Å². The van der Waals surface area contributed by atoms with Gasteiger partial charge in [0.2, 0.25) is 0 Å². The highest BCUT2D eigenvalue weighted by molar-refractivity contribution is 5.67. The normalized spacial score (nSPS) is 15.1. The van der Waals surface area contributed by atoms with Crippen molar-refractivity contribution in [3.63, 3.8) is 0 Å². The predicted octanol–water partition coefficient (Wildman–Crippen LogP) is 1.85. The van der Waals surface area contributed by atoms with Gasteiger partial charge in [-0.15, -0.1) is 6.58 Å². The molecule has 0 unspecified atom stereocenters. The second kappa shape index (κ2) is 3.76. The molecule has 0 bridgehead atoms.